The van der Waals surface area contributed by atoms with Gasteiger partial charge in [-0.1, -0.05) is 119 Å². The molecular weight excluding hydrogens is 675 g/mol. The van der Waals surface area contributed by atoms with E-state index in [9.17, 15) is 4.79 Å². The highest BCUT2D eigenvalue weighted by Gasteiger charge is 2.52. The van der Waals surface area contributed by atoms with Gasteiger partial charge in [-0.05, 0) is 58.6 Å². The van der Waals surface area contributed by atoms with Crippen LogP contribution < -0.4 is 19.7 Å². The quantitative estimate of drug-likeness (QED) is 0.119. The van der Waals surface area contributed by atoms with Gasteiger partial charge >= 0.3 is 8.32 Å². The van der Waals surface area contributed by atoms with Crippen LogP contribution in [0.4, 0.5) is 10.2 Å². The van der Waals surface area contributed by atoms with E-state index in [1.165, 1.54) is 12.1 Å². The molecule has 1 aliphatic heterocycles. The third-order valence-electron chi connectivity index (χ3n) is 10.6. The molecular formula is C42H44ClFN4O2Si. The van der Waals surface area contributed by atoms with E-state index in [1.807, 2.05) is 54.6 Å². The van der Waals surface area contributed by atoms with Crippen LogP contribution in [0.15, 0.2) is 104 Å². The van der Waals surface area contributed by atoms with Crippen molar-refractivity contribution in [1.29, 1.82) is 0 Å². The summed E-state index contributed by atoms with van der Waals surface area (Å²) in [7, 11) is -3.10. The van der Waals surface area contributed by atoms with E-state index in [1.54, 1.807) is 11.0 Å². The lowest BCUT2D eigenvalue weighted by atomic mass is 9.94. The van der Waals surface area contributed by atoms with Gasteiger partial charge in [0.2, 0.25) is 5.91 Å². The molecule has 1 saturated carbocycles. The van der Waals surface area contributed by atoms with Crippen molar-refractivity contribution in [1.82, 2.24) is 15.1 Å². The van der Waals surface area contributed by atoms with Gasteiger partial charge in [0.05, 0.1) is 11.3 Å². The Morgan fingerprint density at radius 3 is 2.10 bits per heavy atom. The highest BCUT2D eigenvalue weighted by molar-refractivity contribution is 7.00. The average Bonchev–Trinajstić information content (AvgIpc) is 3.68. The lowest BCUT2D eigenvalue weighted by Gasteiger charge is -2.43. The maximum absolute atomic E-state index is 16.5. The smallest absolute Gasteiger partial charge is 0.319 e. The summed E-state index contributed by atoms with van der Waals surface area (Å²) in [6.45, 7) is 12.6. The third kappa shape index (κ3) is 6.44. The highest BCUT2D eigenvalue weighted by atomic mass is 35.5. The molecule has 0 atom stereocenters. The summed E-state index contributed by atoms with van der Waals surface area (Å²) in [5.41, 5.74) is 1.83. The molecule has 1 aromatic heterocycles. The summed E-state index contributed by atoms with van der Waals surface area (Å²) in [5, 5.41) is 13.7. The molecule has 2 aliphatic rings. The molecule has 1 aliphatic carbocycles. The molecule has 0 spiro atoms. The van der Waals surface area contributed by atoms with Gasteiger partial charge in [0, 0.05) is 53.5 Å². The molecule has 4 aromatic carbocycles. The number of piperazine rings is 1. The van der Waals surface area contributed by atoms with Crippen LogP contribution in [-0.4, -0.2) is 55.5 Å². The van der Waals surface area contributed by atoms with Gasteiger partial charge in [-0.3, -0.25) is 4.79 Å². The minimum Gasteiger partial charge on any atom is -0.533 e. The molecule has 51 heavy (non-hydrogen) atoms. The van der Waals surface area contributed by atoms with Gasteiger partial charge in [-0.15, -0.1) is 5.10 Å². The predicted octanol–water partition coefficient (Wildman–Crippen LogP) is 8.52. The molecule has 1 saturated heterocycles. The van der Waals surface area contributed by atoms with Crippen molar-refractivity contribution in [3.05, 3.63) is 120 Å². The Labute approximate surface area is 306 Å². The number of hydrogen-bond acceptors (Lipinski definition) is 5. The van der Waals surface area contributed by atoms with Crippen molar-refractivity contribution in [2.45, 2.75) is 57.4 Å². The molecule has 0 bridgehead atoms. The Morgan fingerprint density at radius 1 is 0.882 bits per heavy atom. The molecule has 2 heterocycles. The molecule has 0 radical (unpaired) electrons. The van der Waals surface area contributed by atoms with Crippen LogP contribution in [0.2, 0.25) is 10.1 Å². The summed E-state index contributed by atoms with van der Waals surface area (Å²) in [6.07, 6.45) is 5.70. The first-order valence-electron chi connectivity index (χ1n) is 17.9. The number of hydrogen-bond donors (Lipinski definition) is 0. The first-order valence-corrected chi connectivity index (χ1v) is 20.2. The minimum absolute atomic E-state index is 0.0733. The maximum atomic E-state index is 16.5. The van der Waals surface area contributed by atoms with Gasteiger partial charge in [-0.2, -0.15) is 5.10 Å². The third-order valence-corrected chi connectivity index (χ3v) is 15.9. The Morgan fingerprint density at radius 2 is 1.51 bits per heavy atom. The second kappa shape index (κ2) is 14.2. The summed E-state index contributed by atoms with van der Waals surface area (Å²) >= 11 is 7.24. The van der Waals surface area contributed by atoms with Crippen molar-refractivity contribution >= 4 is 52.8 Å². The number of carbonyl (C=O) groups excluding carboxylic acids is 1. The first kappa shape index (κ1) is 34.9. The number of anilines is 1. The number of rotatable bonds is 8. The number of benzene rings is 4. The van der Waals surface area contributed by atoms with E-state index in [-0.39, 0.29) is 16.9 Å². The molecule has 0 unspecified atom stereocenters. The monoisotopic (exact) mass is 718 g/mol. The maximum Gasteiger partial charge on any atom is 0.319 e. The molecule has 2 fully saturated rings. The van der Waals surface area contributed by atoms with Crippen LogP contribution >= 0.6 is 11.6 Å². The van der Waals surface area contributed by atoms with E-state index in [4.69, 9.17) is 26.2 Å². The van der Waals surface area contributed by atoms with Crippen molar-refractivity contribution < 1.29 is 13.6 Å². The Kier molecular flexibility index (Phi) is 9.74. The second-order valence-electron chi connectivity index (χ2n) is 14.7. The normalized spacial score (nSPS) is 15.7. The zero-order chi connectivity index (χ0) is 35.8. The second-order valence-corrected chi connectivity index (χ2v) is 19.3. The largest absolute Gasteiger partial charge is 0.533 e. The average molecular weight is 719 g/mol. The van der Waals surface area contributed by atoms with Crippen LogP contribution in [0.3, 0.4) is 0 Å². The SMILES string of the molecule is C=CC(=O)N1CCN(c2nnc(C3CCCC3)c3cc(-c4c(F)cccc4O[Si](c4ccccc4)(c4ccccc4)C(C)(C)C)c(Cl)cc23)CC1. The number of aromatic nitrogens is 2. The van der Waals surface area contributed by atoms with E-state index < -0.39 is 14.1 Å². The van der Waals surface area contributed by atoms with Crippen molar-refractivity contribution in [2.24, 2.45) is 0 Å². The van der Waals surface area contributed by atoms with Crippen LogP contribution in [0.5, 0.6) is 5.75 Å². The fraction of sp³-hybridized carbons (Fsp3) is 0.310. The number of fused-ring (bicyclic) bond motifs is 1. The topological polar surface area (TPSA) is 58.6 Å². The van der Waals surface area contributed by atoms with E-state index in [0.29, 0.717) is 48.1 Å². The number of carbonyl (C=O) groups is 1. The fourth-order valence-electron chi connectivity index (χ4n) is 8.04. The van der Waals surface area contributed by atoms with Crippen LogP contribution in [0.1, 0.15) is 58.1 Å². The molecule has 6 nitrogen and oxygen atoms in total. The Balaban J connectivity index is 1.40. The summed E-state index contributed by atoms with van der Waals surface area (Å²) < 4.78 is 23.9. The lowest BCUT2D eigenvalue weighted by Crippen LogP contribution is -2.68. The van der Waals surface area contributed by atoms with Gasteiger partial charge < -0.3 is 14.2 Å². The molecule has 262 valence electrons. The van der Waals surface area contributed by atoms with Crippen LogP contribution in [0, 0.1) is 5.82 Å². The van der Waals surface area contributed by atoms with Crippen LogP contribution in [0.25, 0.3) is 21.9 Å². The van der Waals surface area contributed by atoms with Crippen molar-refractivity contribution in [2.75, 3.05) is 31.1 Å². The first-order chi connectivity index (χ1) is 24.6. The molecule has 7 rings (SSSR count). The summed E-state index contributed by atoms with van der Waals surface area (Å²) in [4.78, 5) is 16.3. The molecule has 1 amide bonds. The highest BCUT2D eigenvalue weighted by Crippen LogP contribution is 2.46. The number of halogens is 2. The minimum atomic E-state index is -3.10. The van der Waals surface area contributed by atoms with E-state index >= 15 is 4.39 Å². The predicted molar refractivity (Wildman–Crippen MR) is 208 cm³/mol. The molecule has 0 N–H and O–H groups in total. The standard InChI is InChI=1S/C42H44ClFN4O2Si/c1-5-38(49)47-23-25-48(26-24-47)41-33-28-35(43)34(27-32(33)40(45-46-41)29-15-12-13-16-29)39-36(44)21-14-22-37(39)50-51(42(2,3)4,30-17-8-6-9-18-30)31-19-10-7-11-20-31/h5-11,14,17-22,27-29H,1,12-13,15-16,23-26H2,2-4H3. The Bertz CT molecular complexity index is 2020. The zero-order valence-corrected chi connectivity index (χ0v) is 31.3. The fourth-order valence-corrected chi connectivity index (χ4v) is 12.7. The van der Waals surface area contributed by atoms with Gasteiger partial charge in [-0.25, -0.2) is 4.39 Å². The lowest BCUT2D eigenvalue weighted by molar-refractivity contribution is -0.126. The summed E-state index contributed by atoms with van der Waals surface area (Å²) in [5.74, 6) is 0.968. The molecule has 5 aromatic rings. The van der Waals surface area contributed by atoms with E-state index in [2.05, 4.69) is 56.5 Å². The van der Waals surface area contributed by atoms with Gasteiger partial charge in [0.1, 0.15) is 11.6 Å². The van der Waals surface area contributed by atoms with Crippen molar-refractivity contribution in [3.8, 4) is 16.9 Å². The Hall–Kier alpha value is -4.53. The number of amides is 1. The van der Waals surface area contributed by atoms with Gasteiger partial charge in [0.25, 0.3) is 0 Å². The summed E-state index contributed by atoms with van der Waals surface area (Å²) in [6, 6.07) is 29.7. The molecule has 9 heteroatoms. The zero-order valence-electron chi connectivity index (χ0n) is 29.5. The van der Waals surface area contributed by atoms with Crippen molar-refractivity contribution in [3.63, 3.8) is 0 Å². The van der Waals surface area contributed by atoms with E-state index in [0.717, 1.165) is 58.3 Å². The number of nitrogens with zero attached hydrogens (tertiary/aromatic N) is 4. The van der Waals surface area contributed by atoms with Crippen LogP contribution in [-0.2, 0) is 4.79 Å². The van der Waals surface area contributed by atoms with Gasteiger partial charge in [0.15, 0.2) is 5.82 Å².